The number of benzene rings is 1. The average Bonchev–Trinajstić information content (AvgIpc) is 2.47. The van der Waals surface area contributed by atoms with Crippen molar-refractivity contribution < 1.29 is 9.39 Å². The van der Waals surface area contributed by atoms with Gasteiger partial charge in [0.05, 0.1) is 6.04 Å². The second-order valence-corrected chi connectivity index (χ2v) is 6.14. The number of aryl methyl sites for hydroxylation is 1. The van der Waals surface area contributed by atoms with Gasteiger partial charge < -0.3 is 20.9 Å². The van der Waals surface area contributed by atoms with Gasteiger partial charge >= 0.3 is 7.48 Å². The van der Waals surface area contributed by atoms with E-state index in [0.29, 0.717) is 5.70 Å². The molecule has 1 atom stereocenters. The largest absolute Gasteiger partial charge is 0.563 e. The Hall–Kier alpha value is -1.66. The number of ether oxygens (including phenoxy) is 1. The van der Waals surface area contributed by atoms with E-state index in [-0.39, 0.29) is 12.1 Å². The number of hydrogen-bond acceptors (Lipinski definition) is 5. The molecule has 5 nitrogen and oxygen atoms in total. The van der Waals surface area contributed by atoms with E-state index in [1.165, 1.54) is 5.56 Å². The molecule has 1 aromatic carbocycles. The number of likely N-dealkylation sites (tertiary alicyclic amines) is 1. The number of fused-ring (bicyclic) bond motifs is 1. The Morgan fingerprint density at radius 3 is 3.05 bits per heavy atom. The average molecular weight is 300 g/mol. The molecule has 1 saturated heterocycles. The Balaban J connectivity index is 1.56. The molecule has 6 heteroatoms. The van der Waals surface area contributed by atoms with Crippen molar-refractivity contribution in [3.05, 3.63) is 35.5 Å². The van der Waals surface area contributed by atoms with Crippen molar-refractivity contribution in [3.8, 4) is 11.5 Å². The van der Waals surface area contributed by atoms with Crippen molar-refractivity contribution in [1.82, 2.24) is 4.90 Å². The quantitative estimate of drug-likeness (QED) is 0.788. The molecule has 1 fully saturated rings. The molecule has 22 heavy (non-hydrogen) atoms. The van der Waals surface area contributed by atoms with Crippen LogP contribution in [0.1, 0.15) is 11.1 Å². The minimum Gasteiger partial charge on any atom is -0.563 e. The molecule has 2 aliphatic heterocycles. The third-order valence-electron chi connectivity index (χ3n) is 4.32. The third kappa shape index (κ3) is 3.08. The standard InChI is InChI=1S/C16H23BN3O2/c1-10-15(4-3-12-5-6-17-22-16(10)12)21-13-7-20(8-13)9-14(19)11(2)18/h3-4,13-14H,2,5-9,18-19H2,1H3. The first-order valence-electron chi connectivity index (χ1n) is 7.74. The smallest absolute Gasteiger partial charge is 0.370 e. The Kier molecular flexibility index (Phi) is 4.31. The topological polar surface area (TPSA) is 73.7 Å². The van der Waals surface area contributed by atoms with Crippen LogP contribution in [-0.4, -0.2) is 44.2 Å². The summed E-state index contributed by atoms with van der Waals surface area (Å²) in [6.07, 6.45) is 2.20. The molecule has 1 radical (unpaired) electrons. The molecule has 4 N–H and O–H groups in total. The summed E-state index contributed by atoms with van der Waals surface area (Å²) < 4.78 is 11.8. The van der Waals surface area contributed by atoms with Gasteiger partial charge in [-0.3, -0.25) is 4.90 Å². The lowest BCUT2D eigenvalue weighted by Crippen LogP contribution is -2.57. The molecule has 0 amide bonds. The van der Waals surface area contributed by atoms with Gasteiger partial charge in [0, 0.05) is 30.9 Å². The Morgan fingerprint density at radius 1 is 1.55 bits per heavy atom. The maximum absolute atomic E-state index is 6.09. The molecule has 3 rings (SSSR count). The van der Waals surface area contributed by atoms with E-state index in [4.69, 9.17) is 20.9 Å². The van der Waals surface area contributed by atoms with Gasteiger partial charge in [0.1, 0.15) is 17.6 Å². The predicted octanol–water partition coefficient (Wildman–Crippen LogP) is 0.830. The molecule has 2 aliphatic rings. The fourth-order valence-electron chi connectivity index (χ4n) is 2.90. The van der Waals surface area contributed by atoms with Gasteiger partial charge in [-0.05, 0) is 31.3 Å². The molecule has 117 valence electrons. The molecule has 2 heterocycles. The third-order valence-corrected chi connectivity index (χ3v) is 4.32. The summed E-state index contributed by atoms with van der Waals surface area (Å²) in [5.41, 5.74) is 14.4. The molecule has 0 aliphatic carbocycles. The number of rotatable bonds is 5. The van der Waals surface area contributed by atoms with E-state index in [0.717, 1.165) is 49.4 Å². The highest BCUT2D eigenvalue weighted by molar-refractivity contribution is 6.29. The van der Waals surface area contributed by atoms with E-state index in [9.17, 15) is 0 Å². The molecular formula is C16H23BN3O2. The lowest BCUT2D eigenvalue weighted by Gasteiger charge is -2.40. The van der Waals surface area contributed by atoms with Crippen molar-refractivity contribution >= 4 is 7.48 Å². The van der Waals surface area contributed by atoms with Crippen LogP contribution in [0.3, 0.4) is 0 Å². The zero-order valence-electron chi connectivity index (χ0n) is 13.0. The van der Waals surface area contributed by atoms with Crippen molar-refractivity contribution in [2.75, 3.05) is 19.6 Å². The van der Waals surface area contributed by atoms with Crippen LogP contribution >= 0.6 is 0 Å². The van der Waals surface area contributed by atoms with E-state index in [1.807, 2.05) is 7.48 Å². The van der Waals surface area contributed by atoms with E-state index >= 15 is 0 Å². The highest BCUT2D eigenvalue weighted by Crippen LogP contribution is 2.35. The summed E-state index contributed by atoms with van der Waals surface area (Å²) >= 11 is 0. The first kappa shape index (κ1) is 15.2. The fraction of sp³-hybridized carbons (Fsp3) is 0.500. The number of nitrogens with zero attached hydrogens (tertiary/aromatic N) is 1. The van der Waals surface area contributed by atoms with E-state index in [1.54, 1.807) is 0 Å². The Labute approximate surface area is 132 Å². The minimum atomic E-state index is -0.171. The normalized spacial score (nSPS) is 19.4. The van der Waals surface area contributed by atoms with Crippen molar-refractivity contribution in [2.24, 2.45) is 11.5 Å². The van der Waals surface area contributed by atoms with Crippen LogP contribution in [-0.2, 0) is 6.42 Å². The summed E-state index contributed by atoms with van der Waals surface area (Å²) in [5.74, 6) is 1.87. The maximum Gasteiger partial charge on any atom is 0.370 e. The van der Waals surface area contributed by atoms with Gasteiger partial charge in [-0.2, -0.15) is 0 Å². The molecule has 0 saturated carbocycles. The Morgan fingerprint density at radius 2 is 2.32 bits per heavy atom. The molecule has 0 aromatic heterocycles. The zero-order chi connectivity index (χ0) is 15.7. The first-order valence-corrected chi connectivity index (χ1v) is 7.74. The molecule has 1 unspecified atom stereocenters. The van der Waals surface area contributed by atoms with Crippen LogP contribution < -0.4 is 20.9 Å². The SMILES string of the molecule is C=C(N)C(N)CN1CC(Oc2ccc3c(c2C)O[B]CC3)C1. The van der Waals surface area contributed by atoms with Crippen LogP contribution in [0.5, 0.6) is 11.5 Å². The van der Waals surface area contributed by atoms with Gasteiger partial charge in [-0.1, -0.05) is 12.6 Å². The summed E-state index contributed by atoms with van der Waals surface area (Å²) in [6, 6.07) is 3.99. The van der Waals surface area contributed by atoms with Crippen molar-refractivity contribution in [2.45, 2.75) is 31.8 Å². The predicted molar refractivity (Wildman–Crippen MR) is 88.2 cm³/mol. The van der Waals surface area contributed by atoms with Gasteiger partial charge in [0.25, 0.3) is 0 Å². The van der Waals surface area contributed by atoms with Gasteiger partial charge in [-0.15, -0.1) is 0 Å². The molecule has 1 aromatic rings. The highest BCUT2D eigenvalue weighted by Gasteiger charge is 2.30. The van der Waals surface area contributed by atoms with Crippen molar-refractivity contribution in [3.63, 3.8) is 0 Å². The summed E-state index contributed by atoms with van der Waals surface area (Å²) in [6.45, 7) is 8.20. The molecular weight excluding hydrogens is 277 g/mol. The van der Waals surface area contributed by atoms with Gasteiger partial charge in [0.15, 0.2) is 0 Å². The second-order valence-electron chi connectivity index (χ2n) is 6.14. The zero-order valence-corrected chi connectivity index (χ0v) is 13.0. The fourth-order valence-corrected chi connectivity index (χ4v) is 2.90. The lowest BCUT2D eigenvalue weighted by molar-refractivity contribution is 0.0178. The molecule has 0 bridgehead atoms. The summed E-state index contributed by atoms with van der Waals surface area (Å²) in [7, 11) is 1.87. The van der Waals surface area contributed by atoms with E-state index < -0.39 is 0 Å². The maximum atomic E-state index is 6.09. The number of nitrogens with two attached hydrogens (primary N) is 2. The monoisotopic (exact) mass is 300 g/mol. The van der Waals surface area contributed by atoms with Crippen LogP contribution in [0.4, 0.5) is 0 Å². The first-order chi connectivity index (χ1) is 10.5. The van der Waals surface area contributed by atoms with Crippen molar-refractivity contribution in [1.29, 1.82) is 0 Å². The minimum absolute atomic E-state index is 0.171. The number of hydrogen-bond donors (Lipinski definition) is 2. The van der Waals surface area contributed by atoms with Crippen LogP contribution in [0.15, 0.2) is 24.4 Å². The summed E-state index contributed by atoms with van der Waals surface area (Å²) in [4.78, 5) is 2.23. The van der Waals surface area contributed by atoms with Crippen LogP contribution in [0.25, 0.3) is 0 Å². The van der Waals surface area contributed by atoms with Crippen LogP contribution in [0, 0.1) is 6.92 Å². The Bertz CT molecular complexity index is 573. The summed E-state index contributed by atoms with van der Waals surface area (Å²) in [5, 5.41) is 0. The van der Waals surface area contributed by atoms with Gasteiger partial charge in [0.2, 0.25) is 0 Å². The van der Waals surface area contributed by atoms with Crippen LogP contribution in [0.2, 0.25) is 6.32 Å². The highest BCUT2D eigenvalue weighted by atomic mass is 16.5. The molecule has 0 spiro atoms. The van der Waals surface area contributed by atoms with E-state index in [2.05, 4.69) is 30.5 Å². The second kappa shape index (κ2) is 6.22. The van der Waals surface area contributed by atoms with Gasteiger partial charge in [-0.25, -0.2) is 0 Å². The lowest BCUT2D eigenvalue weighted by atomic mass is 9.85.